The van der Waals surface area contributed by atoms with Crippen molar-refractivity contribution in [1.82, 2.24) is 20.5 Å². The van der Waals surface area contributed by atoms with E-state index in [0.29, 0.717) is 12.4 Å². The van der Waals surface area contributed by atoms with Crippen molar-refractivity contribution < 1.29 is 9.53 Å². The third-order valence-electron chi connectivity index (χ3n) is 6.46. The van der Waals surface area contributed by atoms with Gasteiger partial charge >= 0.3 is 0 Å². The highest BCUT2D eigenvalue weighted by Gasteiger charge is 2.20. The van der Waals surface area contributed by atoms with Crippen molar-refractivity contribution in [2.75, 3.05) is 67.1 Å². The predicted molar refractivity (Wildman–Crippen MR) is 136 cm³/mol. The van der Waals surface area contributed by atoms with Gasteiger partial charge in [0, 0.05) is 63.8 Å². The van der Waals surface area contributed by atoms with Crippen LogP contribution in [0.5, 0.6) is 5.88 Å². The molecule has 1 N–H and O–H groups in total. The van der Waals surface area contributed by atoms with Crippen LogP contribution in [0.3, 0.4) is 0 Å². The lowest BCUT2D eigenvalue weighted by Gasteiger charge is -2.35. The van der Waals surface area contributed by atoms with Gasteiger partial charge in [0.1, 0.15) is 5.82 Å². The summed E-state index contributed by atoms with van der Waals surface area (Å²) in [6.07, 6.45) is 3.81. The third-order valence-corrected chi connectivity index (χ3v) is 6.46. The Hall–Kier alpha value is -3.88. The average Bonchev–Trinajstić information content (AvgIpc) is 3.34. The quantitative estimate of drug-likeness (QED) is 0.473. The Labute approximate surface area is 205 Å². The van der Waals surface area contributed by atoms with Crippen LogP contribution < -0.4 is 24.8 Å². The number of rotatable bonds is 9. The maximum absolute atomic E-state index is 12.2. The maximum atomic E-state index is 12.2. The van der Waals surface area contributed by atoms with Gasteiger partial charge in [0.25, 0.3) is 5.91 Å². The summed E-state index contributed by atoms with van der Waals surface area (Å²) in [5, 5.41) is 11.4. The number of piperazine rings is 1. The van der Waals surface area contributed by atoms with E-state index in [0.717, 1.165) is 63.7 Å². The first-order valence-corrected chi connectivity index (χ1v) is 12.2. The van der Waals surface area contributed by atoms with Crippen molar-refractivity contribution in [3.05, 3.63) is 66.4 Å². The molecule has 3 aromatic rings. The molecule has 1 amide bonds. The van der Waals surface area contributed by atoms with Crippen LogP contribution in [0.4, 0.5) is 17.3 Å². The van der Waals surface area contributed by atoms with E-state index in [1.165, 1.54) is 11.3 Å². The van der Waals surface area contributed by atoms with Gasteiger partial charge in [0.05, 0.1) is 0 Å². The number of fused-ring (bicyclic) bond motifs is 1. The molecule has 2 aliphatic rings. The zero-order valence-corrected chi connectivity index (χ0v) is 19.8. The van der Waals surface area contributed by atoms with Crippen LogP contribution in [-0.2, 0) is 11.2 Å². The molecule has 9 nitrogen and oxygen atoms in total. The first-order chi connectivity index (χ1) is 17.3. The van der Waals surface area contributed by atoms with Crippen LogP contribution in [-0.4, -0.2) is 73.5 Å². The number of carbonyl (C=O) groups excluding carboxylic acids is 1. The van der Waals surface area contributed by atoms with E-state index in [1.54, 1.807) is 6.07 Å². The monoisotopic (exact) mass is 473 g/mol. The number of hydrogen-bond acceptors (Lipinski definition) is 8. The van der Waals surface area contributed by atoms with E-state index >= 15 is 0 Å². The number of carbonyl (C=O) groups is 1. The molecular weight excluding hydrogens is 442 g/mol. The number of anilines is 3. The molecule has 0 unspecified atom stereocenters. The maximum Gasteiger partial charge on any atom is 0.258 e. The fourth-order valence-corrected chi connectivity index (χ4v) is 4.59. The second-order valence-corrected chi connectivity index (χ2v) is 8.75. The SMILES string of the molecule is O=C(COc1ccc(N2CCN(c3ccccn3)CC2)nn1)NCCCN1CCc2ccccc21. The van der Waals surface area contributed by atoms with Crippen LogP contribution in [0.25, 0.3) is 0 Å². The van der Waals surface area contributed by atoms with Gasteiger partial charge < -0.3 is 24.8 Å². The van der Waals surface area contributed by atoms with Crippen molar-refractivity contribution in [2.24, 2.45) is 0 Å². The summed E-state index contributed by atoms with van der Waals surface area (Å²) in [7, 11) is 0. The fraction of sp³-hybridized carbons (Fsp3) is 0.385. The number of pyridine rings is 1. The van der Waals surface area contributed by atoms with Crippen molar-refractivity contribution >= 4 is 23.2 Å². The van der Waals surface area contributed by atoms with Gasteiger partial charge in [-0.1, -0.05) is 24.3 Å². The van der Waals surface area contributed by atoms with E-state index in [2.05, 4.69) is 59.5 Å². The van der Waals surface area contributed by atoms with Crippen LogP contribution in [0.15, 0.2) is 60.8 Å². The molecule has 1 aromatic carbocycles. The van der Waals surface area contributed by atoms with Gasteiger partial charge in [-0.05, 0) is 42.7 Å². The molecule has 9 heteroatoms. The number of benzene rings is 1. The van der Waals surface area contributed by atoms with Crippen molar-refractivity contribution in [2.45, 2.75) is 12.8 Å². The van der Waals surface area contributed by atoms with E-state index in [-0.39, 0.29) is 12.5 Å². The number of hydrogen-bond donors (Lipinski definition) is 1. The summed E-state index contributed by atoms with van der Waals surface area (Å²) < 4.78 is 5.53. The summed E-state index contributed by atoms with van der Waals surface area (Å²) >= 11 is 0. The standard InChI is InChI=1S/C26H31N7O2/c34-25(28-13-5-14-31-15-11-21-6-1-2-7-22(21)31)20-35-26-10-9-24(29-30-26)33-18-16-32(17-19-33)23-8-3-4-12-27-23/h1-4,6-10,12H,5,11,13-20H2,(H,28,34). The van der Waals surface area contributed by atoms with Gasteiger partial charge in [-0.15, -0.1) is 10.2 Å². The molecular formula is C26H31N7O2. The molecule has 0 aliphatic carbocycles. The van der Waals surface area contributed by atoms with E-state index in [9.17, 15) is 4.79 Å². The number of amides is 1. The molecule has 1 saturated heterocycles. The molecule has 2 aliphatic heterocycles. The number of aromatic nitrogens is 3. The van der Waals surface area contributed by atoms with Crippen molar-refractivity contribution in [3.8, 4) is 5.88 Å². The van der Waals surface area contributed by atoms with Crippen molar-refractivity contribution in [1.29, 1.82) is 0 Å². The van der Waals surface area contributed by atoms with Crippen LogP contribution in [0, 0.1) is 0 Å². The minimum absolute atomic E-state index is 0.0661. The summed E-state index contributed by atoms with van der Waals surface area (Å²) in [5.41, 5.74) is 2.73. The molecule has 1 fully saturated rings. The number of nitrogens with zero attached hydrogens (tertiary/aromatic N) is 6. The highest BCUT2D eigenvalue weighted by Crippen LogP contribution is 2.27. The zero-order chi connectivity index (χ0) is 23.9. The Balaban J connectivity index is 0.996. The summed E-state index contributed by atoms with van der Waals surface area (Å²) in [6.45, 7) is 5.97. The predicted octanol–water partition coefficient (Wildman–Crippen LogP) is 2.15. The molecule has 0 saturated carbocycles. The lowest BCUT2D eigenvalue weighted by atomic mass is 10.2. The Kier molecular flexibility index (Phi) is 7.21. The minimum Gasteiger partial charge on any atom is -0.466 e. The largest absolute Gasteiger partial charge is 0.466 e. The number of ether oxygens (including phenoxy) is 1. The average molecular weight is 474 g/mol. The molecule has 0 bridgehead atoms. The molecule has 4 heterocycles. The number of nitrogens with one attached hydrogen (secondary N) is 1. The van der Waals surface area contributed by atoms with E-state index < -0.39 is 0 Å². The first-order valence-electron chi connectivity index (χ1n) is 12.2. The van der Waals surface area contributed by atoms with Crippen molar-refractivity contribution in [3.63, 3.8) is 0 Å². The van der Waals surface area contributed by atoms with Gasteiger partial charge in [-0.3, -0.25) is 4.79 Å². The molecule has 35 heavy (non-hydrogen) atoms. The van der Waals surface area contributed by atoms with Crippen LogP contribution >= 0.6 is 0 Å². The molecule has 0 radical (unpaired) electrons. The van der Waals surface area contributed by atoms with Crippen LogP contribution in [0.1, 0.15) is 12.0 Å². The smallest absolute Gasteiger partial charge is 0.258 e. The van der Waals surface area contributed by atoms with E-state index in [1.807, 2.05) is 30.5 Å². The van der Waals surface area contributed by atoms with E-state index in [4.69, 9.17) is 4.74 Å². The summed E-state index contributed by atoms with van der Waals surface area (Å²) in [6, 6.07) is 18.2. The van der Waals surface area contributed by atoms with Crippen LogP contribution in [0.2, 0.25) is 0 Å². The Bertz CT molecular complexity index is 1100. The Morgan fingerprint density at radius 2 is 1.69 bits per heavy atom. The van der Waals surface area contributed by atoms with Gasteiger partial charge in [0.2, 0.25) is 5.88 Å². The summed E-state index contributed by atoms with van der Waals surface area (Å²) in [4.78, 5) is 23.4. The topological polar surface area (TPSA) is 86.7 Å². The molecule has 0 atom stereocenters. The highest BCUT2D eigenvalue weighted by molar-refractivity contribution is 5.77. The lowest BCUT2D eigenvalue weighted by molar-refractivity contribution is -0.123. The molecule has 0 spiro atoms. The highest BCUT2D eigenvalue weighted by atomic mass is 16.5. The lowest BCUT2D eigenvalue weighted by Crippen LogP contribution is -2.47. The molecule has 5 rings (SSSR count). The number of para-hydroxylation sites is 1. The third kappa shape index (κ3) is 5.79. The van der Waals surface area contributed by atoms with Gasteiger partial charge in [-0.25, -0.2) is 4.98 Å². The van der Waals surface area contributed by atoms with Gasteiger partial charge in [-0.2, -0.15) is 0 Å². The first kappa shape index (κ1) is 22.9. The minimum atomic E-state index is -0.150. The second-order valence-electron chi connectivity index (χ2n) is 8.75. The molecule has 182 valence electrons. The summed E-state index contributed by atoms with van der Waals surface area (Å²) in [5.74, 6) is 2.01. The normalized spacial score (nSPS) is 15.1. The Morgan fingerprint density at radius 1 is 0.886 bits per heavy atom. The second kappa shape index (κ2) is 11.0. The zero-order valence-electron chi connectivity index (χ0n) is 19.8. The van der Waals surface area contributed by atoms with Gasteiger partial charge in [0.15, 0.2) is 12.4 Å². The molecule has 2 aromatic heterocycles. The Morgan fingerprint density at radius 3 is 2.46 bits per heavy atom. The fourth-order valence-electron chi connectivity index (χ4n) is 4.59.